The molecule has 0 spiro atoms. The molecule has 2 aromatic carbocycles. The van der Waals surface area contributed by atoms with Crippen molar-refractivity contribution in [1.82, 2.24) is 4.31 Å². The number of ether oxygens (including phenoxy) is 1. The van der Waals surface area contributed by atoms with Crippen molar-refractivity contribution in [1.29, 1.82) is 0 Å². The number of piperidine rings is 1. The van der Waals surface area contributed by atoms with Crippen molar-refractivity contribution < 1.29 is 17.9 Å². The molecule has 0 saturated carbocycles. The zero-order chi connectivity index (χ0) is 22.4. The molecule has 1 aliphatic heterocycles. The monoisotopic (exact) mass is 465 g/mol. The summed E-state index contributed by atoms with van der Waals surface area (Å²) in [5.41, 5.74) is 0.956. The number of nitrogens with one attached hydrogen (secondary N) is 2. The molecule has 1 fully saturated rings. The Hall–Kier alpha value is -2.29. The molecule has 31 heavy (non-hydrogen) atoms. The van der Waals surface area contributed by atoms with Gasteiger partial charge in [-0.15, -0.1) is 0 Å². The van der Waals surface area contributed by atoms with Gasteiger partial charge in [-0.1, -0.05) is 30.2 Å². The zero-order valence-corrected chi connectivity index (χ0v) is 19.3. The Bertz CT molecular complexity index is 1020. The van der Waals surface area contributed by atoms with Crippen molar-refractivity contribution >= 4 is 38.9 Å². The molecule has 2 N–H and O–H groups in total. The van der Waals surface area contributed by atoms with Gasteiger partial charge in [0.2, 0.25) is 15.9 Å². The maximum atomic E-state index is 13.1. The molecule has 1 heterocycles. The van der Waals surface area contributed by atoms with Crippen LogP contribution in [0.15, 0.2) is 47.4 Å². The summed E-state index contributed by atoms with van der Waals surface area (Å²) in [5.74, 6) is 0.172. The molecule has 168 valence electrons. The molecule has 1 saturated heterocycles. The molecule has 0 aliphatic carbocycles. The quantitative estimate of drug-likeness (QED) is 0.605. The number of amides is 1. The maximum absolute atomic E-state index is 13.1. The molecule has 1 amide bonds. The van der Waals surface area contributed by atoms with Crippen LogP contribution < -0.4 is 15.4 Å². The molecule has 0 atom stereocenters. The van der Waals surface area contributed by atoms with E-state index in [4.69, 9.17) is 16.3 Å². The van der Waals surface area contributed by atoms with Crippen molar-refractivity contribution in [2.45, 2.75) is 44.1 Å². The number of carbonyl (C=O) groups excluding carboxylic acids is 1. The molecule has 0 aromatic heterocycles. The van der Waals surface area contributed by atoms with Crippen molar-refractivity contribution in [3.8, 4) is 5.75 Å². The number of benzene rings is 2. The average Bonchev–Trinajstić information content (AvgIpc) is 2.75. The Morgan fingerprint density at radius 3 is 2.48 bits per heavy atom. The number of nitrogens with zero attached hydrogens (tertiary/aromatic N) is 1. The predicted octanol–water partition coefficient (Wildman–Crippen LogP) is 4.35. The summed E-state index contributed by atoms with van der Waals surface area (Å²) >= 11 is 6.09. The lowest BCUT2D eigenvalue weighted by atomic mass is 10.2. The van der Waals surface area contributed by atoms with Gasteiger partial charge < -0.3 is 15.4 Å². The van der Waals surface area contributed by atoms with Crippen LogP contribution in [0.5, 0.6) is 5.75 Å². The van der Waals surface area contributed by atoms with Crippen LogP contribution >= 0.6 is 11.6 Å². The molecule has 0 unspecified atom stereocenters. The third-order valence-corrected chi connectivity index (χ3v) is 7.08. The minimum atomic E-state index is -3.60. The van der Waals surface area contributed by atoms with Crippen LogP contribution in [-0.2, 0) is 14.8 Å². The first-order valence-electron chi connectivity index (χ1n) is 10.4. The van der Waals surface area contributed by atoms with Crippen LogP contribution in [-0.4, -0.2) is 44.4 Å². The van der Waals surface area contributed by atoms with E-state index < -0.39 is 10.0 Å². The molecule has 7 nitrogen and oxygen atoms in total. The number of hydrogen-bond acceptors (Lipinski definition) is 5. The fourth-order valence-corrected chi connectivity index (χ4v) is 5.08. The first kappa shape index (κ1) is 23.4. The van der Waals surface area contributed by atoms with Gasteiger partial charge in [0.05, 0.1) is 33.9 Å². The van der Waals surface area contributed by atoms with E-state index in [1.807, 2.05) is 13.8 Å². The van der Waals surface area contributed by atoms with Crippen molar-refractivity contribution in [2.75, 3.05) is 30.3 Å². The van der Waals surface area contributed by atoms with Gasteiger partial charge in [0.1, 0.15) is 5.75 Å². The van der Waals surface area contributed by atoms with E-state index in [2.05, 4.69) is 10.6 Å². The second-order valence-corrected chi connectivity index (χ2v) is 10.0. The molecule has 2 aromatic rings. The zero-order valence-electron chi connectivity index (χ0n) is 17.7. The second kappa shape index (κ2) is 10.3. The second-order valence-electron chi connectivity index (χ2n) is 7.67. The lowest BCUT2D eigenvalue weighted by molar-refractivity contribution is -0.114. The number of carbonyl (C=O) groups is 1. The third kappa shape index (κ3) is 6.12. The van der Waals surface area contributed by atoms with E-state index in [-0.39, 0.29) is 23.5 Å². The number of halogens is 1. The number of sulfonamides is 1. The normalized spacial score (nSPS) is 15.0. The van der Waals surface area contributed by atoms with Crippen molar-refractivity contribution in [3.63, 3.8) is 0 Å². The van der Waals surface area contributed by atoms with Gasteiger partial charge in [0.15, 0.2) is 0 Å². The third-order valence-electron chi connectivity index (χ3n) is 4.85. The lowest BCUT2D eigenvalue weighted by Crippen LogP contribution is -2.35. The van der Waals surface area contributed by atoms with E-state index in [9.17, 15) is 13.2 Å². The van der Waals surface area contributed by atoms with Gasteiger partial charge in [0, 0.05) is 13.1 Å². The highest BCUT2D eigenvalue weighted by Crippen LogP contribution is 2.31. The number of anilines is 2. The van der Waals surface area contributed by atoms with Crippen LogP contribution in [0, 0.1) is 0 Å². The van der Waals surface area contributed by atoms with Crippen molar-refractivity contribution in [3.05, 3.63) is 47.5 Å². The fourth-order valence-electron chi connectivity index (χ4n) is 3.35. The summed E-state index contributed by atoms with van der Waals surface area (Å²) in [5, 5.41) is 6.19. The Balaban J connectivity index is 1.78. The highest BCUT2D eigenvalue weighted by Gasteiger charge is 2.27. The first-order chi connectivity index (χ1) is 14.8. The van der Waals surface area contributed by atoms with Gasteiger partial charge in [-0.2, -0.15) is 4.31 Å². The molecular formula is C22H28ClN3O4S. The summed E-state index contributed by atoms with van der Waals surface area (Å²) in [7, 11) is -3.60. The highest BCUT2D eigenvalue weighted by atomic mass is 35.5. The Morgan fingerprint density at radius 2 is 1.81 bits per heavy atom. The molecule has 0 radical (unpaired) electrons. The van der Waals surface area contributed by atoms with Crippen LogP contribution in [0.25, 0.3) is 0 Å². The van der Waals surface area contributed by atoms with E-state index in [0.29, 0.717) is 35.2 Å². The van der Waals surface area contributed by atoms with E-state index in [1.54, 1.807) is 36.4 Å². The maximum Gasteiger partial charge on any atom is 0.243 e. The van der Waals surface area contributed by atoms with Gasteiger partial charge in [-0.3, -0.25) is 4.79 Å². The number of rotatable bonds is 8. The van der Waals surface area contributed by atoms with E-state index in [1.165, 1.54) is 10.4 Å². The van der Waals surface area contributed by atoms with Crippen LogP contribution in [0.4, 0.5) is 11.4 Å². The largest absolute Gasteiger partial charge is 0.489 e. The van der Waals surface area contributed by atoms with Crippen LogP contribution in [0.3, 0.4) is 0 Å². The number of hydrogen-bond donors (Lipinski definition) is 2. The minimum absolute atomic E-state index is 0.0765. The van der Waals surface area contributed by atoms with Crippen molar-refractivity contribution in [2.24, 2.45) is 0 Å². The standard InChI is InChI=1S/C22H28ClN3O4S/c1-16(2)30-21-11-10-17(31(28,29)26-12-6-3-7-13-26)14-20(21)24-15-22(27)25-19-9-5-4-8-18(19)23/h4-5,8-11,14,16,24H,3,6-7,12-13,15H2,1-2H3,(H,25,27). The summed E-state index contributed by atoms with van der Waals surface area (Å²) in [4.78, 5) is 12.6. The van der Waals surface area contributed by atoms with Gasteiger partial charge in [-0.25, -0.2) is 8.42 Å². The van der Waals surface area contributed by atoms with Gasteiger partial charge in [0.25, 0.3) is 0 Å². The van der Waals surface area contributed by atoms with E-state index >= 15 is 0 Å². The fraction of sp³-hybridized carbons (Fsp3) is 0.409. The molecular weight excluding hydrogens is 438 g/mol. The van der Waals surface area contributed by atoms with Gasteiger partial charge in [-0.05, 0) is 57.0 Å². The SMILES string of the molecule is CC(C)Oc1ccc(S(=O)(=O)N2CCCCC2)cc1NCC(=O)Nc1ccccc1Cl. The Morgan fingerprint density at radius 1 is 1.10 bits per heavy atom. The molecule has 3 rings (SSSR count). The predicted molar refractivity (Wildman–Crippen MR) is 123 cm³/mol. The van der Waals surface area contributed by atoms with Gasteiger partial charge >= 0.3 is 0 Å². The summed E-state index contributed by atoms with van der Waals surface area (Å²) in [6.07, 6.45) is 2.66. The lowest BCUT2D eigenvalue weighted by Gasteiger charge is -2.26. The Kier molecular flexibility index (Phi) is 7.80. The summed E-state index contributed by atoms with van der Waals surface area (Å²) in [6.45, 7) is 4.73. The summed E-state index contributed by atoms with van der Waals surface area (Å²) < 4.78 is 33.4. The molecule has 0 bridgehead atoms. The smallest absolute Gasteiger partial charge is 0.243 e. The van der Waals surface area contributed by atoms with E-state index in [0.717, 1.165) is 19.3 Å². The molecule has 1 aliphatic rings. The minimum Gasteiger partial charge on any atom is -0.489 e. The molecule has 9 heteroatoms. The first-order valence-corrected chi connectivity index (χ1v) is 12.2. The topological polar surface area (TPSA) is 87.7 Å². The van der Waals surface area contributed by atoms with Crippen LogP contribution in [0.1, 0.15) is 33.1 Å². The highest BCUT2D eigenvalue weighted by molar-refractivity contribution is 7.89. The average molecular weight is 466 g/mol. The summed E-state index contributed by atoms with van der Waals surface area (Å²) in [6, 6.07) is 11.7. The van der Waals surface area contributed by atoms with Crippen LogP contribution in [0.2, 0.25) is 5.02 Å². The number of para-hydroxylation sites is 1. The Labute approximate surface area is 188 Å².